The number of likely N-dealkylation sites (tertiary alicyclic amines) is 1. The molecule has 1 atom stereocenters. The van der Waals surface area contributed by atoms with Crippen LogP contribution in [0.5, 0.6) is 0 Å². The van der Waals surface area contributed by atoms with Gasteiger partial charge in [-0.15, -0.1) is 0 Å². The summed E-state index contributed by atoms with van der Waals surface area (Å²) in [6.45, 7) is 10.3. The Labute approximate surface area is 121 Å². The number of urea groups is 1. The van der Waals surface area contributed by atoms with Crippen molar-refractivity contribution in [2.75, 3.05) is 19.6 Å². The van der Waals surface area contributed by atoms with Crippen LogP contribution in [0.25, 0.3) is 0 Å². The number of aliphatic carboxylic acids is 1. The first-order valence-electron chi connectivity index (χ1n) is 7.58. The molecule has 116 valence electrons. The fourth-order valence-electron chi connectivity index (χ4n) is 2.92. The molecule has 0 aromatic rings. The largest absolute Gasteiger partial charge is 0.481 e. The Bertz CT molecular complexity index is 334. The lowest BCUT2D eigenvalue weighted by atomic mass is 9.85. The summed E-state index contributed by atoms with van der Waals surface area (Å²) in [6.07, 6.45) is 1.43. The van der Waals surface area contributed by atoms with Gasteiger partial charge in [-0.3, -0.25) is 4.79 Å². The molecule has 0 spiro atoms. The van der Waals surface area contributed by atoms with Crippen molar-refractivity contribution >= 4 is 12.0 Å². The number of carbonyl (C=O) groups is 2. The highest BCUT2D eigenvalue weighted by Crippen LogP contribution is 2.20. The fraction of sp³-hybridized carbons (Fsp3) is 0.867. The van der Waals surface area contributed by atoms with Gasteiger partial charge in [0.1, 0.15) is 0 Å². The Kier molecular flexibility index (Phi) is 6.30. The van der Waals surface area contributed by atoms with E-state index in [-0.39, 0.29) is 6.03 Å². The van der Waals surface area contributed by atoms with E-state index in [1.165, 1.54) is 0 Å². The Morgan fingerprint density at radius 1 is 1.25 bits per heavy atom. The van der Waals surface area contributed by atoms with Gasteiger partial charge in [-0.25, -0.2) is 4.79 Å². The molecule has 1 rings (SSSR count). The number of carbonyl (C=O) groups excluding carboxylic acids is 1. The van der Waals surface area contributed by atoms with E-state index in [9.17, 15) is 9.59 Å². The number of carboxylic acid groups (broad SMARTS) is 1. The number of piperidine rings is 1. The van der Waals surface area contributed by atoms with E-state index in [1.807, 2.05) is 0 Å². The molecule has 0 aliphatic carbocycles. The number of nitrogens with zero attached hydrogens (tertiary/aromatic N) is 1. The van der Waals surface area contributed by atoms with Crippen LogP contribution in [0.4, 0.5) is 4.79 Å². The van der Waals surface area contributed by atoms with Crippen molar-refractivity contribution in [2.24, 2.45) is 23.7 Å². The molecule has 0 radical (unpaired) electrons. The van der Waals surface area contributed by atoms with Crippen LogP contribution in [0.3, 0.4) is 0 Å². The Morgan fingerprint density at radius 3 is 2.35 bits per heavy atom. The van der Waals surface area contributed by atoms with Crippen molar-refractivity contribution in [3.05, 3.63) is 0 Å². The topological polar surface area (TPSA) is 69.6 Å². The Morgan fingerprint density at radius 2 is 1.85 bits per heavy atom. The van der Waals surface area contributed by atoms with Gasteiger partial charge >= 0.3 is 12.0 Å². The summed E-state index contributed by atoms with van der Waals surface area (Å²) in [5.41, 5.74) is 0. The molecule has 1 aliphatic rings. The second-order valence-electron chi connectivity index (χ2n) is 6.46. The molecule has 0 unspecified atom stereocenters. The number of hydrogen-bond acceptors (Lipinski definition) is 2. The van der Waals surface area contributed by atoms with Gasteiger partial charge in [0, 0.05) is 19.6 Å². The molecule has 1 aliphatic heterocycles. The lowest BCUT2D eigenvalue weighted by Gasteiger charge is -2.32. The van der Waals surface area contributed by atoms with Crippen LogP contribution in [0, 0.1) is 23.7 Å². The predicted molar refractivity (Wildman–Crippen MR) is 78.5 cm³/mol. The zero-order chi connectivity index (χ0) is 15.3. The van der Waals surface area contributed by atoms with Gasteiger partial charge in [-0.2, -0.15) is 0 Å². The van der Waals surface area contributed by atoms with Gasteiger partial charge in [-0.05, 0) is 30.6 Å². The monoisotopic (exact) mass is 284 g/mol. The fourth-order valence-corrected chi connectivity index (χ4v) is 2.92. The van der Waals surface area contributed by atoms with Gasteiger partial charge in [-0.1, -0.05) is 27.7 Å². The van der Waals surface area contributed by atoms with Crippen molar-refractivity contribution in [2.45, 2.75) is 40.5 Å². The summed E-state index contributed by atoms with van der Waals surface area (Å²) in [5.74, 6) is 0.260. The number of carboxylic acids is 1. The first-order valence-corrected chi connectivity index (χ1v) is 7.58. The average Bonchev–Trinajstić information content (AvgIpc) is 2.38. The normalized spacial score (nSPS) is 19.8. The summed E-state index contributed by atoms with van der Waals surface area (Å²) in [5, 5.41) is 12.0. The first-order chi connectivity index (χ1) is 9.32. The van der Waals surface area contributed by atoms with Gasteiger partial charge in [0.25, 0.3) is 0 Å². The SMILES string of the molecule is CC(C)C(CNC(=O)N1CCC[C@H](C(=O)O)C1)C(C)C. The lowest BCUT2D eigenvalue weighted by Crippen LogP contribution is -2.48. The van der Waals surface area contributed by atoms with Crippen molar-refractivity contribution in [1.29, 1.82) is 0 Å². The minimum atomic E-state index is -0.801. The molecule has 1 saturated heterocycles. The quantitative estimate of drug-likeness (QED) is 0.814. The van der Waals surface area contributed by atoms with E-state index in [2.05, 4.69) is 33.0 Å². The average molecular weight is 284 g/mol. The van der Waals surface area contributed by atoms with Crippen molar-refractivity contribution in [3.63, 3.8) is 0 Å². The van der Waals surface area contributed by atoms with E-state index in [0.717, 1.165) is 6.42 Å². The third kappa shape index (κ3) is 4.69. The summed E-state index contributed by atoms with van der Waals surface area (Å²) in [7, 11) is 0. The zero-order valence-electron chi connectivity index (χ0n) is 13.1. The second kappa shape index (κ2) is 7.50. The third-order valence-electron chi connectivity index (χ3n) is 4.26. The van der Waals surface area contributed by atoms with E-state index < -0.39 is 11.9 Å². The molecule has 20 heavy (non-hydrogen) atoms. The number of hydrogen-bond donors (Lipinski definition) is 2. The summed E-state index contributed by atoms with van der Waals surface area (Å²) in [6, 6.07) is -0.123. The van der Waals surface area contributed by atoms with Crippen molar-refractivity contribution in [3.8, 4) is 0 Å². The molecular formula is C15H28N2O3. The second-order valence-corrected chi connectivity index (χ2v) is 6.46. The van der Waals surface area contributed by atoms with Crippen molar-refractivity contribution < 1.29 is 14.7 Å². The number of amides is 2. The summed E-state index contributed by atoms with van der Waals surface area (Å²) >= 11 is 0. The molecule has 5 heteroatoms. The van der Waals surface area contributed by atoms with Gasteiger partial charge in [0.2, 0.25) is 0 Å². The highest BCUT2D eigenvalue weighted by molar-refractivity contribution is 5.76. The van der Waals surface area contributed by atoms with E-state index in [4.69, 9.17) is 5.11 Å². The highest BCUT2D eigenvalue weighted by Gasteiger charge is 2.28. The molecule has 2 N–H and O–H groups in total. The van der Waals surface area contributed by atoms with Gasteiger partial charge < -0.3 is 15.3 Å². The predicted octanol–water partition coefficient (Wildman–Crippen LogP) is 2.42. The maximum Gasteiger partial charge on any atom is 0.317 e. The van der Waals surface area contributed by atoms with Crippen LogP contribution >= 0.6 is 0 Å². The molecule has 0 aromatic heterocycles. The number of nitrogens with one attached hydrogen (secondary N) is 1. The molecule has 1 heterocycles. The van der Waals surface area contributed by atoms with E-state index in [1.54, 1.807) is 4.90 Å². The van der Waals surface area contributed by atoms with Crippen molar-refractivity contribution in [1.82, 2.24) is 10.2 Å². The van der Waals surface area contributed by atoms with Crippen LogP contribution in [0.15, 0.2) is 0 Å². The molecular weight excluding hydrogens is 256 g/mol. The zero-order valence-corrected chi connectivity index (χ0v) is 13.1. The minimum absolute atomic E-state index is 0.123. The lowest BCUT2D eigenvalue weighted by molar-refractivity contribution is -0.143. The van der Waals surface area contributed by atoms with Crippen LogP contribution in [0.1, 0.15) is 40.5 Å². The molecule has 1 fully saturated rings. The standard InChI is InChI=1S/C15H28N2O3/c1-10(2)13(11(3)4)8-16-15(20)17-7-5-6-12(9-17)14(18)19/h10-13H,5-9H2,1-4H3,(H,16,20)(H,18,19)/t12-/m0/s1. The maximum absolute atomic E-state index is 12.1. The van der Waals surface area contributed by atoms with Crippen LogP contribution < -0.4 is 5.32 Å². The number of rotatable bonds is 5. The Hall–Kier alpha value is -1.26. The Balaban J connectivity index is 2.47. The molecule has 0 saturated carbocycles. The molecule has 5 nitrogen and oxygen atoms in total. The molecule has 0 bridgehead atoms. The van der Waals surface area contributed by atoms with E-state index >= 15 is 0 Å². The summed E-state index contributed by atoms with van der Waals surface area (Å²) < 4.78 is 0. The minimum Gasteiger partial charge on any atom is -0.481 e. The smallest absolute Gasteiger partial charge is 0.317 e. The molecule has 0 aromatic carbocycles. The highest BCUT2D eigenvalue weighted by atomic mass is 16.4. The first kappa shape index (κ1) is 16.8. The maximum atomic E-state index is 12.1. The third-order valence-corrected chi connectivity index (χ3v) is 4.26. The van der Waals surface area contributed by atoms with E-state index in [0.29, 0.717) is 43.8 Å². The van der Waals surface area contributed by atoms with Gasteiger partial charge in [0.05, 0.1) is 5.92 Å². The van der Waals surface area contributed by atoms with Crippen LogP contribution in [0.2, 0.25) is 0 Å². The molecule has 2 amide bonds. The van der Waals surface area contributed by atoms with Crippen LogP contribution in [-0.2, 0) is 4.79 Å². The van der Waals surface area contributed by atoms with Crippen LogP contribution in [-0.4, -0.2) is 41.6 Å². The van der Waals surface area contributed by atoms with Gasteiger partial charge in [0.15, 0.2) is 0 Å². The summed E-state index contributed by atoms with van der Waals surface area (Å²) in [4.78, 5) is 24.8.